The highest BCUT2D eigenvalue weighted by atomic mass is 32.1. The van der Waals surface area contributed by atoms with E-state index in [1.807, 2.05) is 6.07 Å². The summed E-state index contributed by atoms with van der Waals surface area (Å²) >= 11 is 5.06. The second kappa shape index (κ2) is 5.76. The van der Waals surface area contributed by atoms with Gasteiger partial charge in [-0.3, -0.25) is 9.88 Å². The lowest BCUT2D eigenvalue weighted by Gasteiger charge is -2.36. The standard InChI is InChI=1S/C14H21N3S/c1-10-5-7-17(11(2)8-10)9-12-4-3-6-16-13(12)14(15)18/h3-4,6,10-11H,5,7-9H2,1-2H3,(H2,15,18). The first-order chi connectivity index (χ1) is 8.58. The number of hydrogen-bond acceptors (Lipinski definition) is 3. The van der Waals surface area contributed by atoms with Crippen LogP contribution < -0.4 is 5.73 Å². The number of thiocarbonyl (C=S) groups is 1. The molecule has 2 heterocycles. The molecule has 0 spiro atoms. The van der Waals surface area contributed by atoms with Crippen LogP contribution in [0.4, 0.5) is 0 Å². The van der Waals surface area contributed by atoms with Gasteiger partial charge in [0, 0.05) is 18.8 Å². The molecule has 98 valence electrons. The van der Waals surface area contributed by atoms with E-state index in [0.29, 0.717) is 11.0 Å². The van der Waals surface area contributed by atoms with E-state index in [1.165, 1.54) is 12.8 Å². The summed E-state index contributed by atoms with van der Waals surface area (Å²) in [6, 6.07) is 4.65. The zero-order valence-electron chi connectivity index (χ0n) is 11.1. The van der Waals surface area contributed by atoms with Crippen molar-refractivity contribution in [2.24, 2.45) is 11.7 Å². The van der Waals surface area contributed by atoms with Gasteiger partial charge in [0.15, 0.2) is 0 Å². The molecule has 0 amide bonds. The molecule has 0 bridgehead atoms. The van der Waals surface area contributed by atoms with Crippen molar-refractivity contribution in [2.45, 2.75) is 39.3 Å². The first-order valence-corrected chi connectivity index (χ1v) is 6.96. The minimum Gasteiger partial charge on any atom is -0.388 e. The molecule has 2 N–H and O–H groups in total. The normalized spacial score (nSPS) is 25.0. The quantitative estimate of drug-likeness (QED) is 0.850. The smallest absolute Gasteiger partial charge is 0.123 e. The van der Waals surface area contributed by atoms with Gasteiger partial charge >= 0.3 is 0 Å². The summed E-state index contributed by atoms with van der Waals surface area (Å²) in [5.74, 6) is 0.834. The Morgan fingerprint density at radius 1 is 1.56 bits per heavy atom. The monoisotopic (exact) mass is 263 g/mol. The Kier molecular flexibility index (Phi) is 4.30. The van der Waals surface area contributed by atoms with Crippen LogP contribution in [0.15, 0.2) is 18.3 Å². The third-order valence-electron chi connectivity index (χ3n) is 3.77. The van der Waals surface area contributed by atoms with E-state index in [1.54, 1.807) is 6.20 Å². The summed E-state index contributed by atoms with van der Waals surface area (Å²) in [4.78, 5) is 7.18. The summed E-state index contributed by atoms with van der Waals surface area (Å²) in [5, 5.41) is 0. The van der Waals surface area contributed by atoms with Gasteiger partial charge < -0.3 is 5.73 Å². The number of hydrogen-bond donors (Lipinski definition) is 1. The van der Waals surface area contributed by atoms with Gasteiger partial charge in [-0.05, 0) is 43.9 Å². The van der Waals surface area contributed by atoms with Crippen molar-refractivity contribution in [1.82, 2.24) is 9.88 Å². The van der Waals surface area contributed by atoms with Crippen LogP contribution in [-0.2, 0) is 6.54 Å². The molecule has 2 rings (SSSR count). The minimum atomic E-state index is 0.392. The Morgan fingerprint density at radius 3 is 3.00 bits per heavy atom. The molecule has 1 aromatic heterocycles. The molecule has 0 aliphatic carbocycles. The first-order valence-electron chi connectivity index (χ1n) is 6.55. The summed E-state index contributed by atoms with van der Waals surface area (Å²) in [6.07, 6.45) is 4.29. The molecule has 0 radical (unpaired) electrons. The average molecular weight is 263 g/mol. The van der Waals surface area contributed by atoms with Gasteiger partial charge in [0.2, 0.25) is 0 Å². The zero-order chi connectivity index (χ0) is 13.1. The number of aromatic nitrogens is 1. The Bertz CT molecular complexity index is 433. The third kappa shape index (κ3) is 3.06. The summed E-state index contributed by atoms with van der Waals surface area (Å²) in [6.45, 7) is 6.67. The second-order valence-corrected chi connectivity index (χ2v) is 5.76. The lowest BCUT2D eigenvalue weighted by Crippen LogP contribution is -2.40. The largest absolute Gasteiger partial charge is 0.388 e. The van der Waals surface area contributed by atoms with E-state index < -0.39 is 0 Å². The van der Waals surface area contributed by atoms with Crippen molar-refractivity contribution < 1.29 is 0 Å². The lowest BCUT2D eigenvalue weighted by atomic mass is 9.93. The van der Waals surface area contributed by atoms with E-state index in [0.717, 1.165) is 30.3 Å². The van der Waals surface area contributed by atoms with Crippen molar-refractivity contribution in [3.05, 3.63) is 29.6 Å². The Labute approximate surface area is 114 Å². The molecular weight excluding hydrogens is 242 g/mol. The fourth-order valence-electron chi connectivity index (χ4n) is 2.70. The van der Waals surface area contributed by atoms with Crippen LogP contribution in [0, 0.1) is 5.92 Å². The summed E-state index contributed by atoms with van der Waals surface area (Å²) in [5.41, 5.74) is 7.65. The van der Waals surface area contributed by atoms with Crippen LogP contribution in [0.1, 0.15) is 37.9 Å². The number of nitrogens with two attached hydrogens (primary N) is 1. The molecule has 1 fully saturated rings. The summed E-state index contributed by atoms with van der Waals surface area (Å²) < 4.78 is 0. The number of pyridine rings is 1. The van der Waals surface area contributed by atoms with Crippen molar-refractivity contribution in [2.75, 3.05) is 6.54 Å². The average Bonchev–Trinajstić information content (AvgIpc) is 2.33. The molecule has 2 unspecified atom stereocenters. The molecule has 0 aromatic carbocycles. The number of likely N-dealkylation sites (tertiary alicyclic amines) is 1. The summed E-state index contributed by atoms with van der Waals surface area (Å²) in [7, 11) is 0. The van der Waals surface area contributed by atoms with Gasteiger partial charge in [0.25, 0.3) is 0 Å². The highest BCUT2D eigenvalue weighted by Crippen LogP contribution is 2.24. The number of nitrogens with zero attached hydrogens (tertiary/aromatic N) is 2. The Balaban J connectivity index is 2.12. The van der Waals surface area contributed by atoms with Crippen LogP contribution in [0.5, 0.6) is 0 Å². The lowest BCUT2D eigenvalue weighted by molar-refractivity contribution is 0.122. The van der Waals surface area contributed by atoms with E-state index >= 15 is 0 Å². The van der Waals surface area contributed by atoms with Gasteiger partial charge in [-0.25, -0.2) is 0 Å². The maximum absolute atomic E-state index is 5.73. The number of piperidine rings is 1. The molecule has 4 heteroatoms. The van der Waals surface area contributed by atoms with Crippen LogP contribution in [0.25, 0.3) is 0 Å². The molecule has 1 aliphatic rings. The topological polar surface area (TPSA) is 42.2 Å². The van der Waals surface area contributed by atoms with E-state index in [2.05, 4.69) is 29.8 Å². The van der Waals surface area contributed by atoms with Crippen LogP contribution in [0.3, 0.4) is 0 Å². The van der Waals surface area contributed by atoms with Gasteiger partial charge in [-0.1, -0.05) is 25.2 Å². The zero-order valence-corrected chi connectivity index (χ0v) is 11.9. The molecular formula is C14H21N3S. The fourth-order valence-corrected chi connectivity index (χ4v) is 2.88. The maximum Gasteiger partial charge on any atom is 0.123 e. The predicted octanol–water partition coefficient (Wildman–Crippen LogP) is 2.34. The SMILES string of the molecule is CC1CCN(Cc2cccnc2C(N)=S)C(C)C1. The molecule has 1 aromatic rings. The van der Waals surface area contributed by atoms with E-state index in [9.17, 15) is 0 Å². The Morgan fingerprint density at radius 2 is 2.33 bits per heavy atom. The molecule has 1 aliphatic heterocycles. The second-order valence-electron chi connectivity index (χ2n) is 5.32. The molecule has 18 heavy (non-hydrogen) atoms. The van der Waals surface area contributed by atoms with Gasteiger partial charge in [-0.15, -0.1) is 0 Å². The minimum absolute atomic E-state index is 0.392. The molecule has 0 saturated carbocycles. The van der Waals surface area contributed by atoms with Gasteiger partial charge in [0.1, 0.15) is 10.7 Å². The molecule has 2 atom stereocenters. The third-order valence-corrected chi connectivity index (χ3v) is 3.97. The van der Waals surface area contributed by atoms with Crippen LogP contribution in [0.2, 0.25) is 0 Å². The predicted molar refractivity (Wildman–Crippen MR) is 78.4 cm³/mol. The van der Waals surface area contributed by atoms with Crippen LogP contribution >= 0.6 is 12.2 Å². The molecule has 1 saturated heterocycles. The number of rotatable bonds is 3. The molecule has 3 nitrogen and oxygen atoms in total. The maximum atomic E-state index is 5.73. The van der Waals surface area contributed by atoms with Crippen molar-refractivity contribution in [1.29, 1.82) is 0 Å². The Hall–Kier alpha value is -1.00. The first kappa shape index (κ1) is 13.4. The van der Waals surface area contributed by atoms with E-state index in [4.69, 9.17) is 18.0 Å². The van der Waals surface area contributed by atoms with Crippen molar-refractivity contribution in [3.8, 4) is 0 Å². The highest BCUT2D eigenvalue weighted by Gasteiger charge is 2.23. The van der Waals surface area contributed by atoms with Gasteiger partial charge in [-0.2, -0.15) is 0 Å². The fraction of sp³-hybridized carbons (Fsp3) is 0.571. The van der Waals surface area contributed by atoms with Crippen LogP contribution in [-0.4, -0.2) is 27.5 Å². The van der Waals surface area contributed by atoms with E-state index in [-0.39, 0.29) is 0 Å². The van der Waals surface area contributed by atoms with Gasteiger partial charge in [0.05, 0.1) is 0 Å². The van der Waals surface area contributed by atoms with Crippen molar-refractivity contribution >= 4 is 17.2 Å². The highest BCUT2D eigenvalue weighted by molar-refractivity contribution is 7.80. The van der Waals surface area contributed by atoms with Crippen molar-refractivity contribution in [3.63, 3.8) is 0 Å².